The predicted molar refractivity (Wildman–Crippen MR) is 172 cm³/mol. The number of fused-ring (bicyclic) bond motifs is 4. The Morgan fingerprint density at radius 3 is 2.10 bits per heavy atom. The smallest absolute Gasteiger partial charge is 0.255 e. The van der Waals surface area contributed by atoms with Gasteiger partial charge in [-0.15, -0.1) is 0 Å². The van der Waals surface area contributed by atoms with Gasteiger partial charge in [0.15, 0.2) is 11.9 Å². The van der Waals surface area contributed by atoms with Crippen molar-refractivity contribution >= 4 is 43.5 Å². The minimum Gasteiger partial charge on any atom is -0.490 e. The number of rotatable bonds is 4. The van der Waals surface area contributed by atoms with Crippen molar-refractivity contribution in [2.75, 3.05) is 7.11 Å². The molecule has 0 aliphatic carbocycles. The fourth-order valence-corrected chi connectivity index (χ4v) is 6.39. The second-order valence-corrected chi connectivity index (χ2v) is 10.7. The number of hydrogen-bond acceptors (Lipinski definition) is 2. The van der Waals surface area contributed by atoms with Crippen molar-refractivity contribution in [2.45, 2.75) is 0 Å². The molecular formula is C38H28N3O+. The molecule has 0 saturated carbocycles. The average molecular weight is 543 g/mol. The minimum absolute atomic E-state index is 0.869. The van der Waals surface area contributed by atoms with Gasteiger partial charge in [0.25, 0.3) is 5.52 Å². The summed E-state index contributed by atoms with van der Waals surface area (Å²) in [5.74, 6) is 1.81. The van der Waals surface area contributed by atoms with Gasteiger partial charge in [0, 0.05) is 17.3 Å². The zero-order chi connectivity index (χ0) is 28.2. The Labute approximate surface area is 243 Å². The Kier molecular flexibility index (Phi) is 5.54. The maximum atomic E-state index is 5.73. The molecule has 0 radical (unpaired) electrons. The van der Waals surface area contributed by atoms with Crippen molar-refractivity contribution in [1.29, 1.82) is 0 Å². The lowest BCUT2D eigenvalue weighted by atomic mass is 9.92. The summed E-state index contributed by atoms with van der Waals surface area (Å²) >= 11 is 0. The number of methoxy groups -OCH3 is 1. The second-order valence-electron chi connectivity index (χ2n) is 10.7. The molecule has 0 atom stereocenters. The Bertz CT molecular complexity index is 2300. The number of aryl methyl sites for hydroxylation is 1. The van der Waals surface area contributed by atoms with Crippen LogP contribution in [0.25, 0.3) is 71.7 Å². The van der Waals surface area contributed by atoms with Crippen LogP contribution in [0.1, 0.15) is 0 Å². The summed E-state index contributed by atoms with van der Waals surface area (Å²) in [5, 5.41) is 5.94. The van der Waals surface area contributed by atoms with E-state index in [2.05, 4.69) is 150 Å². The first-order valence-electron chi connectivity index (χ1n) is 14.2. The third kappa shape index (κ3) is 3.69. The van der Waals surface area contributed by atoms with Gasteiger partial charge >= 0.3 is 0 Å². The van der Waals surface area contributed by atoms with Gasteiger partial charge in [-0.25, -0.2) is 4.98 Å². The van der Waals surface area contributed by atoms with E-state index in [0.29, 0.717) is 0 Å². The largest absolute Gasteiger partial charge is 0.490 e. The lowest BCUT2D eigenvalue weighted by Gasteiger charge is -2.14. The van der Waals surface area contributed by atoms with E-state index in [0.717, 1.165) is 44.8 Å². The molecule has 0 aliphatic heterocycles. The highest BCUT2D eigenvalue weighted by Crippen LogP contribution is 2.40. The molecule has 6 aromatic carbocycles. The van der Waals surface area contributed by atoms with Gasteiger partial charge in [-0.05, 0) is 87.3 Å². The fraction of sp³-hybridized carbons (Fsp3) is 0.0526. The molecule has 0 unspecified atom stereocenters. The van der Waals surface area contributed by atoms with E-state index in [1.807, 2.05) is 0 Å². The number of hydrogen-bond donors (Lipinski definition) is 0. The van der Waals surface area contributed by atoms with Gasteiger partial charge in [-0.3, -0.25) is 4.57 Å². The number of aromatic nitrogens is 3. The van der Waals surface area contributed by atoms with E-state index in [-0.39, 0.29) is 0 Å². The summed E-state index contributed by atoms with van der Waals surface area (Å²) < 4.78 is 10.1. The lowest BCUT2D eigenvalue weighted by molar-refractivity contribution is -0.645. The highest BCUT2D eigenvalue weighted by atomic mass is 16.5. The van der Waals surface area contributed by atoms with Crippen LogP contribution in [-0.2, 0) is 7.05 Å². The van der Waals surface area contributed by atoms with E-state index in [1.165, 1.54) is 32.7 Å². The summed E-state index contributed by atoms with van der Waals surface area (Å²) in [6.45, 7) is 0. The molecule has 2 aromatic heterocycles. The topological polar surface area (TPSA) is 30.9 Å². The third-order valence-corrected chi connectivity index (χ3v) is 8.31. The summed E-state index contributed by atoms with van der Waals surface area (Å²) in [6, 6.07) is 45.2. The van der Waals surface area contributed by atoms with Gasteiger partial charge < -0.3 is 4.74 Å². The lowest BCUT2D eigenvalue weighted by Crippen LogP contribution is -2.28. The molecule has 0 aliphatic rings. The van der Waals surface area contributed by atoms with Crippen LogP contribution in [0.2, 0.25) is 0 Å². The van der Waals surface area contributed by atoms with Crippen LogP contribution in [0.4, 0.5) is 0 Å². The summed E-state index contributed by atoms with van der Waals surface area (Å²) in [5.41, 5.74) is 7.76. The highest BCUT2D eigenvalue weighted by molar-refractivity contribution is 6.11. The van der Waals surface area contributed by atoms with Crippen LogP contribution in [-0.4, -0.2) is 16.7 Å². The first-order valence-corrected chi connectivity index (χ1v) is 14.2. The van der Waals surface area contributed by atoms with E-state index in [9.17, 15) is 0 Å². The van der Waals surface area contributed by atoms with Gasteiger partial charge in [0.2, 0.25) is 0 Å². The zero-order valence-corrected chi connectivity index (χ0v) is 23.5. The minimum atomic E-state index is 0.869. The molecule has 0 bridgehead atoms. The Morgan fingerprint density at radius 2 is 1.31 bits per heavy atom. The van der Waals surface area contributed by atoms with Crippen LogP contribution in [0.3, 0.4) is 0 Å². The molecule has 42 heavy (non-hydrogen) atoms. The van der Waals surface area contributed by atoms with Gasteiger partial charge in [0.1, 0.15) is 12.9 Å². The van der Waals surface area contributed by atoms with Gasteiger partial charge in [-0.1, -0.05) is 66.7 Å². The van der Waals surface area contributed by atoms with Crippen LogP contribution >= 0.6 is 0 Å². The maximum Gasteiger partial charge on any atom is 0.255 e. The average Bonchev–Trinajstić information content (AvgIpc) is 3.43. The SMILES string of the molecule is COc1ccc(-c2cccc3cc4c(-c5nc6ccccc6n5-c5ccccc5)cccc4cc23)c2ccc[n+](C)c12. The highest BCUT2D eigenvalue weighted by Gasteiger charge is 2.19. The molecule has 0 N–H and O–H groups in total. The number of ether oxygens (including phenoxy) is 1. The maximum absolute atomic E-state index is 5.73. The molecule has 200 valence electrons. The Balaban J connectivity index is 1.39. The van der Waals surface area contributed by atoms with Crippen LogP contribution in [0, 0.1) is 0 Å². The molecule has 0 amide bonds. The molecule has 8 rings (SSSR count). The predicted octanol–water partition coefficient (Wildman–Crippen LogP) is 8.65. The molecule has 0 fully saturated rings. The molecule has 4 heteroatoms. The normalized spacial score (nSPS) is 11.6. The Morgan fingerprint density at radius 1 is 0.619 bits per heavy atom. The van der Waals surface area contributed by atoms with Crippen LogP contribution in [0.5, 0.6) is 5.75 Å². The monoisotopic (exact) mass is 542 g/mol. The number of para-hydroxylation sites is 3. The van der Waals surface area contributed by atoms with Crippen molar-refractivity contribution < 1.29 is 9.30 Å². The summed E-state index contributed by atoms with van der Waals surface area (Å²) in [7, 11) is 3.80. The molecule has 4 nitrogen and oxygen atoms in total. The van der Waals surface area contributed by atoms with Crippen molar-refractivity contribution in [3.63, 3.8) is 0 Å². The van der Waals surface area contributed by atoms with E-state index < -0.39 is 0 Å². The Hall–Kier alpha value is -5.48. The van der Waals surface area contributed by atoms with Crippen molar-refractivity contribution in [1.82, 2.24) is 9.55 Å². The van der Waals surface area contributed by atoms with E-state index >= 15 is 0 Å². The van der Waals surface area contributed by atoms with Crippen LogP contribution < -0.4 is 9.30 Å². The van der Waals surface area contributed by atoms with E-state index in [1.54, 1.807) is 7.11 Å². The van der Waals surface area contributed by atoms with Gasteiger partial charge in [-0.2, -0.15) is 4.57 Å². The fourth-order valence-electron chi connectivity index (χ4n) is 6.39. The standard InChI is InChI=1S/C38H28N3O/c1-40-22-10-17-30-29(20-21-36(42-2)37(30)40)28-15-8-11-25-24-33-26(23-32(25)28)12-9-16-31(33)38-39-34-18-6-7-19-35(34)41(38)27-13-4-3-5-14-27/h3-24H,1-2H3/q+1. The van der Waals surface area contributed by atoms with Gasteiger partial charge in [0.05, 0.1) is 23.5 Å². The number of pyridine rings is 1. The number of benzene rings is 6. The quantitative estimate of drug-likeness (QED) is 0.165. The van der Waals surface area contributed by atoms with Crippen molar-refractivity contribution in [3.8, 4) is 34.0 Å². The zero-order valence-electron chi connectivity index (χ0n) is 23.5. The molecule has 2 heterocycles. The molecule has 8 aromatic rings. The van der Waals surface area contributed by atoms with Crippen molar-refractivity contribution in [2.24, 2.45) is 7.05 Å². The molecular weight excluding hydrogens is 514 g/mol. The number of nitrogens with zero attached hydrogens (tertiary/aromatic N) is 3. The van der Waals surface area contributed by atoms with E-state index in [4.69, 9.17) is 9.72 Å². The summed E-state index contributed by atoms with van der Waals surface area (Å²) in [6.07, 6.45) is 2.07. The van der Waals surface area contributed by atoms with Crippen molar-refractivity contribution in [3.05, 3.63) is 134 Å². The number of imidazole rings is 1. The first kappa shape index (κ1) is 24.3. The molecule has 0 saturated heterocycles. The van der Waals surface area contributed by atoms with Crippen LogP contribution in [0.15, 0.2) is 134 Å². The first-order chi connectivity index (χ1) is 20.7. The summed E-state index contributed by atoms with van der Waals surface area (Å²) in [4.78, 5) is 5.16. The second kappa shape index (κ2) is 9.57. The molecule has 0 spiro atoms. The third-order valence-electron chi connectivity index (χ3n) is 8.31.